The number of halogens is 1. The molecular formula is C20H23FN4O2. The summed E-state index contributed by atoms with van der Waals surface area (Å²) in [6.07, 6.45) is 0.0915. The molecule has 1 aliphatic heterocycles. The van der Waals surface area contributed by atoms with Gasteiger partial charge in [0.05, 0.1) is 24.8 Å². The smallest absolute Gasteiger partial charge is 0.239 e. The zero-order valence-electron chi connectivity index (χ0n) is 15.8. The minimum atomic E-state index is -0.340. The molecule has 1 amide bonds. The van der Waals surface area contributed by atoms with Crippen molar-refractivity contribution in [3.63, 3.8) is 0 Å². The van der Waals surface area contributed by atoms with Crippen LogP contribution >= 0.6 is 0 Å². The van der Waals surface area contributed by atoms with Gasteiger partial charge in [-0.05, 0) is 50.6 Å². The Morgan fingerprint density at radius 3 is 2.70 bits per heavy atom. The first-order valence-corrected chi connectivity index (χ1v) is 8.92. The number of ether oxygens (including phenoxy) is 1. The van der Waals surface area contributed by atoms with Gasteiger partial charge in [-0.1, -0.05) is 0 Å². The minimum absolute atomic E-state index is 0.0915. The van der Waals surface area contributed by atoms with E-state index in [9.17, 15) is 14.4 Å². The second kappa shape index (κ2) is 7.91. The first kappa shape index (κ1) is 19.1. The van der Waals surface area contributed by atoms with Crippen LogP contribution in [0.3, 0.4) is 0 Å². The van der Waals surface area contributed by atoms with Gasteiger partial charge >= 0.3 is 0 Å². The van der Waals surface area contributed by atoms with Crippen LogP contribution in [0.5, 0.6) is 0 Å². The van der Waals surface area contributed by atoms with Crippen molar-refractivity contribution in [1.29, 1.82) is 5.26 Å². The van der Waals surface area contributed by atoms with Crippen LogP contribution in [0.2, 0.25) is 0 Å². The largest absolute Gasteiger partial charge is 0.376 e. The van der Waals surface area contributed by atoms with Crippen molar-refractivity contribution in [2.45, 2.75) is 26.9 Å². The number of nitrogens with one attached hydrogen (secondary N) is 1. The molecule has 1 atom stereocenters. The maximum Gasteiger partial charge on any atom is 0.239 e. The van der Waals surface area contributed by atoms with Crippen molar-refractivity contribution in [2.24, 2.45) is 0 Å². The highest BCUT2D eigenvalue weighted by Crippen LogP contribution is 2.30. The van der Waals surface area contributed by atoms with Crippen LogP contribution in [-0.2, 0) is 9.53 Å². The molecule has 0 bridgehead atoms. The molecule has 1 fully saturated rings. The van der Waals surface area contributed by atoms with Crippen LogP contribution in [0.15, 0.2) is 24.3 Å². The van der Waals surface area contributed by atoms with E-state index in [0.717, 1.165) is 11.3 Å². The topological polar surface area (TPSA) is 70.3 Å². The summed E-state index contributed by atoms with van der Waals surface area (Å²) in [5, 5.41) is 12.5. The fourth-order valence-corrected chi connectivity index (χ4v) is 3.38. The van der Waals surface area contributed by atoms with Gasteiger partial charge in [0, 0.05) is 24.5 Å². The third kappa shape index (κ3) is 4.02. The average Bonchev–Trinajstić information content (AvgIpc) is 2.86. The van der Waals surface area contributed by atoms with Gasteiger partial charge < -0.3 is 10.1 Å². The molecule has 1 aromatic carbocycles. The van der Waals surface area contributed by atoms with Crippen LogP contribution < -0.4 is 5.32 Å². The van der Waals surface area contributed by atoms with E-state index in [2.05, 4.69) is 11.4 Å². The van der Waals surface area contributed by atoms with Gasteiger partial charge in [0.25, 0.3) is 0 Å². The van der Waals surface area contributed by atoms with Gasteiger partial charge in [0.2, 0.25) is 5.91 Å². The van der Waals surface area contributed by atoms with Gasteiger partial charge in [-0.25, -0.2) is 4.39 Å². The van der Waals surface area contributed by atoms with Gasteiger partial charge in [0.1, 0.15) is 17.7 Å². The average molecular weight is 370 g/mol. The number of aromatic nitrogens is 1. The molecule has 27 heavy (non-hydrogen) atoms. The molecule has 1 aromatic heterocycles. The lowest BCUT2D eigenvalue weighted by Gasteiger charge is -2.30. The lowest BCUT2D eigenvalue weighted by Crippen LogP contribution is -2.44. The van der Waals surface area contributed by atoms with E-state index in [1.807, 2.05) is 25.7 Å². The summed E-state index contributed by atoms with van der Waals surface area (Å²) in [6, 6.07) is 8.15. The monoisotopic (exact) mass is 370 g/mol. The van der Waals surface area contributed by atoms with Crippen LogP contribution in [0, 0.1) is 31.0 Å². The second-order valence-electron chi connectivity index (χ2n) is 6.82. The number of carbonyl (C=O) groups is 1. The van der Waals surface area contributed by atoms with Crippen LogP contribution in [0.25, 0.3) is 5.69 Å². The molecular weight excluding hydrogens is 347 g/mol. The lowest BCUT2D eigenvalue weighted by molar-refractivity contribution is -0.119. The highest BCUT2D eigenvalue weighted by Gasteiger charge is 2.23. The molecule has 2 aromatic rings. The number of hydrogen-bond acceptors (Lipinski definition) is 4. The Morgan fingerprint density at radius 2 is 2.07 bits per heavy atom. The van der Waals surface area contributed by atoms with E-state index in [4.69, 9.17) is 4.74 Å². The molecule has 0 aliphatic carbocycles. The minimum Gasteiger partial charge on any atom is -0.376 e. The quantitative estimate of drug-likeness (QED) is 0.898. The van der Waals surface area contributed by atoms with E-state index >= 15 is 0 Å². The molecule has 1 N–H and O–H groups in total. The van der Waals surface area contributed by atoms with Crippen molar-refractivity contribution in [1.82, 2.24) is 9.47 Å². The molecule has 2 heterocycles. The van der Waals surface area contributed by atoms with Crippen molar-refractivity contribution in [3.8, 4) is 11.8 Å². The summed E-state index contributed by atoms with van der Waals surface area (Å²) < 4.78 is 20.6. The predicted molar refractivity (Wildman–Crippen MR) is 100 cm³/mol. The van der Waals surface area contributed by atoms with Crippen molar-refractivity contribution in [2.75, 3.05) is 31.6 Å². The van der Waals surface area contributed by atoms with Crippen LogP contribution in [0.4, 0.5) is 10.2 Å². The Balaban J connectivity index is 1.89. The van der Waals surface area contributed by atoms with Crippen LogP contribution in [0.1, 0.15) is 23.7 Å². The number of nitrogens with zero attached hydrogens (tertiary/aromatic N) is 3. The molecule has 0 radical (unpaired) electrons. The maximum atomic E-state index is 13.3. The highest BCUT2D eigenvalue weighted by molar-refractivity contribution is 5.93. The molecule has 0 saturated carbocycles. The Hall–Kier alpha value is -2.69. The van der Waals surface area contributed by atoms with Gasteiger partial charge in [-0.15, -0.1) is 0 Å². The Labute approximate surface area is 158 Å². The third-order valence-corrected chi connectivity index (χ3v) is 4.86. The zero-order valence-corrected chi connectivity index (χ0v) is 15.8. The number of anilines is 1. The number of benzene rings is 1. The fourth-order valence-electron chi connectivity index (χ4n) is 3.38. The normalized spacial score (nSPS) is 17.5. The van der Waals surface area contributed by atoms with E-state index in [0.29, 0.717) is 36.8 Å². The molecule has 1 unspecified atom stereocenters. The van der Waals surface area contributed by atoms with Gasteiger partial charge in [-0.3, -0.25) is 14.3 Å². The Kier molecular flexibility index (Phi) is 5.59. The standard InChI is InChI=1S/C20H23FN4O2/c1-13-11-24(8-9-27-13)12-19(26)23-20-18(10-22)14(2)15(3)25(20)17-6-4-16(21)5-7-17/h4-7,13H,8-9,11-12H2,1-3H3,(H,23,26). The van der Waals surface area contributed by atoms with E-state index < -0.39 is 0 Å². The summed E-state index contributed by atoms with van der Waals surface area (Å²) in [5.74, 6) is -0.111. The van der Waals surface area contributed by atoms with Crippen molar-refractivity contribution >= 4 is 11.7 Å². The van der Waals surface area contributed by atoms with E-state index in [1.54, 1.807) is 16.7 Å². The summed E-state index contributed by atoms with van der Waals surface area (Å²) in [7, 11) is 0. The summed E-state index contributed by atoms with van der Waals surface area (Å²) in [6.45, 7) is 7.90. The number of hydrogen-bond donors (Lipinski definition) is 1. The molecule has 7 heteroatoms. The molecule has 6 nitrogen and oxygen atoms in total. The Morgan fingerprint density at radius 1 is 1.37 bits per heavy atom. The molecule has 1 aliphatic rings. The molecule has 0 spiro atoms. The maximum absolute atomic E-state index is 13.3. The number of carbonyl (C=O) groups excluding carboxylic acids is 1. The predicted octanol–water partition coefficient (Wildman–Crippen LogP) is 2.76. The summed E-state index contributed by atoms with van der Waals surface area (Å²) >= 11 is 0. The number of morpholine rings is 1. The fraction of sp³-hybridized carbons (Fsp3) is 0.400. The third-order valence-electron chi connectivity index (χ3n) is 4.86. The first-order chi connectivity index (χ1) is 12.9. The van der Waals surface area contributed by atoms with E-state index in [-0.39, 0.29) is 24.4 Å². The molecule has 3 rings (SSSR count). The number of amides is 1. The zero-order chi connectivity index (χ0) is 19.6. The van der Waals surface area contributed by atoms with Gasteiger partial charge in [-0.2, -0.15) is 5.26 Å². The molecule has 1 saturated heterocycles. The van der Waals surface area contributed by atoms with Crippen molar-refractivity contribution in [3.05, 3.63) is 46.9 Å². The second-order valence-corrected chi connectivity index (χ2v) is 6.82. The first-order valence-electron chi connectivity index (χ1n) is 8.92. The summed E-state index contributed by atoms with van der Waals surface area (Å²) in [5.41, 5.74) is 2.72. The lowest BCUT2D eigenvalue weighted by atomic mass is 10.2. The SMILES string of the molecule is Cc1c(C#N)c(NC(=O)CN2CCOC(C)C2)n(-c2ccc(F)cc2)c1C. The summed E-state index contributed by atoms with van der Waals surface area (Å²) in [4.78, 5) is 14.7. The Bertz CT molecular complexity index is 883. The van der Waals surface area contributed by atoms with Crippen molar-refractivity contribution < 1.29 is 13.9 Å². The van der Waals surface area contributed by atoms with Crippen LogP contribution in [-0.4, -0.2) is 47.7 Å². The number of nitriles is 1. The van der Waals surface area contributed by atoms with Gasteiger partial charge in [0.15, 0.2) is 0 Å². The molecule has 142 valence electrons. The van der Waals surface area contributed by atoms with E-state index in [1.165, 1.54) is 12.1 Å². The number of rotatable bonds is 4. The highest BCUT2D eigenvalue weighted by atomic mass is 19.1.